The Labute approximate surface area is 116 Å². The predicted molar refractivity (Wildman–Crippen MR) is 80.8 cm³/mol. The fourth-order valence-corrected chi connectivity index (χ4v) is 2.49. The third-order valence-electron chi connectivity index (χ3n) is 3.58. The molecule has 4 nitrogen and oxygen atoms in total. The summed E-state index contributed by atoms with van der Waals surface area (Å²) in [5, 5.41) is 3.35. The minimum atomic E-state index is 0.789. The highest BCUT2D eigenvalue weighted by atomic mass is 15.2. The van der Waals surface area contributed by atoms with E-state index in [-0.39, 0.29) is 0 Å². The van der Waals surface area contributed by atoms with Crippen LogP contribution in [0.2, 0.25) is 0 Å². The summed E-state index contributed by atoms with van der Waals surface area (Å²) in [6, 6.07) is 2.10. The van der Waals surface area contributed by atoms with Crippen LogP contribution in [0.4, 0.5) is 11.8 Å². The van der Waals surface area contributed by atoms with Gasteiger partial charge in [-0.25, -0.2) is 4.98 Å². The predicted octanol–water partition coefficient (Wildman–Crippen LogP) is 3.38. The van der Waals surface area contributed by atoms with Crippen LogP contribution < -0.4 is 10.2 Å². The number of piperidine rings is 1. The van der Waals surface area contributed by atoms with Crippen LogP contribution in [0.15, 0.2) is 6.07 Å². The molecule has 1 N–H and O–H groups in total. The molecule has 0 amide bonds. The largest absolute Gasteiger partial charge is 0.356 e. The number of rotatable bonds is 6. The van der Waals surface area contributed by atoms with Gasteiger partial charge in [-0.1, -0.05) is 19.8 Å². The monoisotopic (exact) mass is 262 g/mol. The molecule has 1 fully saturated rings. The highest BCUT2D eigenvalue weighted by molar-refractivity contribution is 5.45. The first-order chi connectivity index (χ1) is 9.29. The average molecular weight is 262 g/mol. The van der Waals surface area contributed by atoms with Gasteiger partial charge in [0.1, 0.15) is 5.82 Å². The summed E-state index contributed by atoms with van der Waals surface area (Å²) < 4.78 is 0. The van der Waals surface area contributed by atoms with Gasteiger partial charge in [-0.3, -0.25) is 0 Å². The van der Waals surface area contributed by atoms with Crippen molar-refractivity contribution in [3.8, 4) is 0 Å². The molecule has 0 saturated carbocycles. The Bertz CT molecular complexity index is 386. The van der Waals surface area contributed by atoms with Crippen molar-refractivity contribution in [2.45, 2.75) is 52.4 Å². The van der Waals surface area contributed by atoms with Crippen molar-refractivity contribution in [3.63, 3.8) is 0 Å². The Hall–Kier alpha value is -1.32. The molecule has 1 aromatic rings. The van der Waals surface area contributed by atoms with Crippen molar-refractivity contribution in [1.29, 1.82) is 0 Å². The van der Waals surface area contributed by atoms with E-state index >= 15 is 0 Å². The molecule has 0 radical (unpaired) electrons. The van der Waals surface area contributed by atoms with Crippen LogP contribution in [-0.4, -0.2) is 29.6 Å². The van der Waals surface area contributed by atoms with E-state index < -0.39 is 0 Å². The van der Waals surface area contributed by atoms with Gasteiger partial charge in [-0.2, -0.15) is 4.98 Å². The summed E-state index contributed by atoms with van der Waals surface area (Å²) in [6.45, 7) is 7.50. The van der Waals surface area contributed by atoms with Crippen molar-refractivity contribution in [1.82, 2.24) is 9.97 Å². The Morgan fingerprint density at radius 2 is 1.95 bits per heavy atom. The maximum atomic E-state index is 4.66. The second-order valence-corrected chi connectivity index (χ2v) is 5.37. The molecule has 1 saturated heterocycles. The fraction of sp³-hybridized carbons (Fsp3) is 0.733. The zero-order valence-corrected chi connectivity index (χ0v) is 12.3. The van der Waals surface area contributed by atoms with Gasteiger partial charge in [0.25, 0.3) is 0 Å². The van der Waals surface area contributed by atoms with Crippen molar-refractivity contribution < 1.29 is 0 Å². The van der Waals surface area contributed by atoms with Gasteiger partial charge in [0.05, 0.1) is 0 Å². The molecule has 0 atom stereocenters. The first-order valence-electron chi connectivity index (χ1n) is 7.64. The lowest BCUT2D eigenvalue weighted by Gasteiger charge is -2.28. The summed E-state index contributed by atoms with van der Waals surface area (Å²) >= 11 is 0. The average Bonchev–Trinajstić information content (AvgIpc) is 2.44. The zero-order valence-electron chi connectivity index (χ0n) is 12.3. The molecule has 0 bridgehead atoms. The minimum Gasteiger partial charge on any atom is -0.356 e. The number of aryl methyl sites for hydroxylation is 1. The lowest BCUT2D eigenvalue weighted by Crippen LogP contribution is -2.30. The Morgan fingerprint density at radius 1 is 1.16 bits per heavy atom. The highest BCUT2D eigenvalue weighted by Crippen LogP contribution is 2.19. The van der Waals surface area contributed by atoms with E-state index in [1.54, 1.807) is 0 Å². The maximum Gasteiger partial charge on any atom is 0.224 e. The summed E-state index contributed by atoms with van der Waals surface area (Å²) in [4.78, 5) is 11.5. The molecule has 4 heteroatoms. The fourth-order valence-electron chi connectivity index (χ4n) is 2.49. The van der Waals surface area contributed by atoms with Gasteiger partial charge >= 0.3 is 0 Å². The third-order valence-corrected chi connectivity index (χ3v) is 3.58. The summed E-state index contributed by atoms with van der Waals surface area (Å²) in [5.41, 5.74) is 1.05. The number of anilines is 2. The molecular weight excluding hydrogens is 236 g/mol. The Kier molecular flexibility index (Phi) is 5.43. The van der Waals surface area contributed by atoms with E-state index in [1.807, 2.05) is 6.92 Å². The zero-order chi connectivity index (χ0) is 13.5. The third kappa shape index (κ3) is 4.37. The van der Waals surface area contributed by atoms with E-state index in [4.69, 9.17) is 0 Å². The minimum absolute atomic E-state index is 0.789. The smallest absolute Gasteiger partial charge is 0.224 e. The SMILES string of the molecule is CCCCCNc1nc(C)cc(N2CCCCC2)n1. The molecule has 106 valence electrons. The van der Waals surface area contributed by atoms with Gasteiger partial charge in [-0.05, 0) is 32.6 Å². The molecule has 0 spiro atoms. The molecule has 19 heavy (non-hydrogen) atoms. The van der Waals surface area contributed by atoms with E-state index in [1.165, 1.54) is 38.5 Å². The van der Waals surface area contributed by atoms with Gasteiger partial charge in [0, 0.05) is 31.4 Å². The van der Waals surface area contributed by atoms with Crippen LogP contribution in [-0.2, 0) is 0 Å². The number of nitrogens with zero attached hydrogens (tertiary/aromatic N) is 3. The summed E-state index contributed by atoms with van der Waals surface area (Å²) in [6.07, 6.45) is 7.60. The second kappa shape index (κ2) is 7.31. The number of aromatic nitrogens is 2. The van der Waals surface area contributed by atoms with Gasteiger partial charge in [0.2, 0.25) is 5.95 Å². The van der Waals surface area contributed by atoms with Crippen LogP contribution in [0.3, 0.4) is 0 Å². The van der Waals surface area contributed by atoms with E-state index in [0.717, 1.165) is 37.1 Å². The van der Waals surface area contributed by atoms with Crippen LogP contribution >= 0.6 is 0 Å². The maximum absolute atomic E-state index is 4.66. The molecule has 0 unspecified atom stereocenters. The molecule has 1 aromatic heterocycles. The van der Waals surface area contributed by atoms with Crippen LogP contribution in [0.25, 0.3) is 0 Å². The molecule has 0 aliphatic carbocycles. The number of unbranched alkanes of at least 4 members (excludes halogenated alkanes) is 2. The molecular formula is C15H26N4. The number of nitrogens with one attached hydrogen (secondary N) is 1. The normalized spacial score (nSPS) is 15.6. The lowest BCUT2D eigenvalue weighted by molar-refractivity contribution is 0.573. The molecule has 0 aromatic carbocycles. The number of hydrogen-bond donors (Lipinski definition) is 1. The number of hydrogen-bond acceptors (Lipinski definition) is 4. The van der Waals surface area contributed by atoms with E-state index in [0.29, 0.717) is 0 Å². The van der Waals surface area contributed by atoms with Gasteiger partial charge < -0.3 is 10.2 Å². The first kappa shape index (κ1) is 14.1. The van der Waals surface area contributed by atoms with Crippen molar-refractivity contribution >= 4 is 11.8 Å². The summed E-state index contributed by atoms with van der Waals surface area (Å²) in [5.74, 6) is 1.88. The lowest BCUT2D eigenvalue weighted by atomic mass is 10.1. The highest BCUT2D eigenvalue weighted by Gasteiger charge is 2.13. The van der Waals surface area contributed by atoms with Gasteiger partial charge in [0.15, 0.2) is 0 Å². The van der Waals surface area contributed by atoms with E-state index in [9.17, 15) is 0 Å². The second-order valence-electron chi connectivity index (χ2n) is 5.37. The van der Waals surface area contributed by atoms with Crippen LogP contribution in [0.5, 0.6) is 0 Å². The van der Waals surface area contributed by atoms with E-state index in [2.05, 4.69) is 33.2 Å². The van der Waals surface area contributed by atoms with Crippen LogP contribution in [0.1, 0.15) is 51.1 Å². The first-order valence-corrected chi connectivity index (χ1v) is 7.64. The standard InChI is InChI=1S/C15H26N4/c1-3-4-6-9-16-15-17-13(2)12-14(18-15)19-10-7-5-8-11-19/h12H,3-11H2,1-2H3,(H,16,17,18). The van der Waals surface area contributed by atoms with Crippen molar-refractivity contribution in [2.24, 2.45) is 0 Å². The quantitative estimate of drug-likeness (QED) is 0.798. The van der Waals surface area contributed by atoms with Gasteiger partial charge in [-0.15, -0.1) is 0 Å². The van der Waals surface area contributed by atoms with Crippen molar-refractivity contribution in [3.05, 3.63) is 11.8 Å². The molecule has 2 heterocycles. The summed E-state index contributed by atoms with van der Waals surface area (Å²) in [7, 11) is 0. The molecule has 1 aliphatic heterocycles. The Morgan fingerprint density at radius 3 is 2.68 bits per heavy atom. The topological polar surface area (TPSA) is 41.1 Å². The molecule has 2 rings (SSSR count). The van der Waals surface area contributed by atoms with Crippen LogP contribution in [0, 0.1) is 6.92 Å². The Balaban J connectivity index is 1.97. The molecule has 1 aliphatic rings. The van der Waals surface area contributed by atoms with Crippen molar-refractivity contribution in [2.75, 3.05) is 29.9 Å².